The van der Waals surface area contributed by atoms with E-state index < -0.39 is 0 Å². The fourth-order valence-corrected chi connectivity index (χ4v) is 2.92. The van der Waals surface area contributed by atoms with Gasteiger partial charge in [0.1, 0.15) is 5.82 Å². The molecule has 0 heterocycles. The fraction of sp³-hybridized carbons (Fsp3) is 0.571. The van der Waals surface area contributed by atoms with Crippen molar-refractivity contribution in [3.8, 4) is 0 Å². The second kappa shape index (κ2) is 5.36. The Labute approximate surface area is 107 Å². The van der Waals surface area contributed by atoms with Gasteiger partial charge in [-0.2, -0.15) is 0 Å². The molecular weight excluding hydrogens is 237 g/mol. The Bertz CT molecular complexity index is 394. The topological polar surface area (TPSA) is 26.0 Å². The second-order valence-electron chi connectivity index (χ2n) is 5.23. The van der Waals surface area contributed by atoms with Crippen LogP contribution >= 0.6 is 11.6 Å². The number of halogens is 2. The first-order valence-corrected chi connectivity index (χ1v) is 6.66. The van der Waals surface area contributed by atoms with E-state index >= 15 is 0 Å². The molecule has 1 aliphatic carbocycles. The van der Waals surface area contributed by atoms with Gasteiger partial charge in [0.2, 0.25) is 0 Å². The molecular formula is C14H19ClFN. The monoisotopic (exact) mass is 255 g/mol. The van der Waals surface area contributed by atoms with E-state index in [9.17, 15) is 4.39 Å². The summed E-state index contributed by atoms with van der Waals surface area (Å²) in [5.41, 5.74) is 7.11. The Balaban J connectivity index is 2.12. The van der Waals surface area contributed by atoms with Crippen molar-refractivity contribution >= 4 is 11.6 Å². The first-order chi connectivity index (χ1) is 8.08. The summed E-state index contributed by atoms with van der Waals surface area (Å²) in [5.74, 6) is 0.833. The van der Waals surface area contributed by atoms with Crippen LogP contribution in [0, 0.1) is 17.7 Å². The van der Waals surface area contributed by atoms with Crippen LogP contribution in [0.15, 0.2) is 18.2 Å². The van der Waals surface area contributed by atoms with Crippen LogP contribution in [0.5, 0.6) is 0 Å². The van der Waals surface area contributed by atoms with Gasteiger partial charge in [-0.3, -0.25) is 0 Å². The maximum absolute atomic E-state index is 13.4. The van der Waals surface area contributed by atoms with Gasteiger partial charge in [-0.25, -0.2) is 4.39 Å². The Hall–Kier alpha value is -0.600. The minimum Gasteiger partial charge on any atom is -0.324 e. The molecule has 0 bridgehead atoms. The van der Waals surface area contributed by atoms with Gasteiger partial charge in [-0.05, 0) is 42.4 Å². The third-order valence-electron chi connectivity index (χ3n) is 3.81. The van der Waals surface area contributed by atoms with Gasteiger partial charge < -0.3 is 5.73 Å². The summed E-state index contributed by atoms with van der Waals surface area (Å²) >= 11 is 5.68. The van der Waals surface area contributed by atoms with Crippen LogP contribution in [0.3, 0.4) is 0 Å². The number of hydrogen-bond donors (Lipinski definition) is 1. The molecule has 1 saturated carbocycles. The normalized spacial score (nSPS) is 26.8. The second-order valence-corrected chi connectivity index (χ2v) is 5.64. The van der Waals surface area contributed by atoms with Crippen molar-refractivity contribution in [2.45, 2.75) is 38.6 Å². The molecule has 0 amide bonds. The van der Waals surface area contributed by atoms with Crippen molar-refractivity contribution in [3.63, 3.8) is 0 Å². The Morgan fingerprint density at radius 3 is 2.82 bits per heavy atom. The average molecular weight is 256 g/mol. The zero-order valence-electron chi connectivity index (χ0n) is 10.1. The van der Waals surface area contributed by atoms with Gasteiger partial charge in [0.25, 0.3) is 0 Å². The highest BCUT2D eigenvalue weighted by Gasteiger charge is 2.25. The smallest absolute Gasteiger partial charge is 0.142 e. The molecule has 1 nitrogen and oxygen atoms in total. The average Bonchev–Trinajstić information content (AvgIpc) is 2.32. The van der Waals surface area contributed by atoms with Crippen molar-refractivity contribution in [2.24, 2.45) is 17.6 Å². The predicted molar refractivity (Wildman–Crippen MR) is 69.5 cm³/mol. The number of benzene rings is 1. The summed E-state index contributed by atoms with van der Waals surface area (Å²) in [6.07, 6.45) is 4.81. The minimum atomic E-state index is -0.372. The van der Waals surface area contributed by atoms with Crippen LogP contribution in [0.25, 0.3) is 0 Å². The first kappa shape index (κ1) is 12.8. The van der Waals surface area contributed by atoms with Crippen LogP contribution in [0.1, 0.15) is 44.2 Å². The summed E-state index contributed by atoms with van der Waals surface area (Å²) in [6.45, 7) is 2.27. The highest BCUT2D eigenvalue weighted by Crippen LogP contribution is 2.36. The number of rotatable bonds is 2. The van der Waals surface area contributed by atoms with Gasteiger partial charge in [-0.1, -0.05) is 37.4 Å². The van der Waals surface area contributed by atoms with E-state index in [-0.39, 0.29) is 16.9 Å². The van der Waals surface area contributed by atoms with Crippen molar-refractivity contribution in [3.05, 3.63) is 34.6 Å². The van der Waals surface area contributed by atoms with E-state index in [4.69, 9.17) is 17.3 Å². The van der Waals surface area contributed by atoms with E-state index in [1.165, 1.54) is 18.9 Å². The van der Waals surface area contributed by atoms with Crippen LogP contribution in [0.4, 0.5) is 4.39 Å². The molecule has 1 fully saturated rings. The highest BCUT2D eigenvalue weighted by atomic mass is 35.5. The van der Waals surface area contributed by atoms with Crippen molar-refractivity contribution in [2.75, 3.05) is 0 Å². The molecule has 0 saturated heterocycles. The Morgan fingerprint density at radius 2 is 2.18 bits per heavy atom. The quantitative estimate of drug-likeness (QED) is 0.838. The zero-order chi connectivity index (χ0) is 12.4. The lowest BCUT2D eigenvalue weighted by Gasteiger charge is -2.31. The van der Waals surface area contributed by atoms with Gasteiger partial charge >= 0.3 is 0 Å². The van der Waals surface area contributed by atoms with Crippen molar-refractivity contribution in [1.82, 2.24) is 0 Å². The first-order valence-electron chi connectivity index (χ1n) is 6.28. The minimum absolute atomic E-state index is 0.0653. The largest absolute Gasteiger partial charge is 0.324 e. The third-order valence-corrected chi connectivity index (χ3v) is 4.12. The lowest BCUT2D eigenvalue weighted by molar-refractivity contribution is 0.248. The van der Waals surface area contributed by atoms with E-state index in [0.717, 1.165) is 24.3 Å². The molecule has 3 heteroatoms. The predicted octanol–water partition coefficient (Wildman–Crippen LogP) is 4.31. The molecule has 1 aromatic rings. The van der Waals surface area contributed by atoms with Gasteiger partial charge in [0.05, 0.1) is 5.02 Å². The molecule has 94 valence electrons. The van der Waals surface area contributed by atoms with Crippen LogP contribution in [0.2, 0.25) is 5.02 Å². The Kier molecular flexibility index (Phi) is 4.05. The van der Waals surface area contributed by atoms with E-state index in [0.29, 0.717) is 5.92 Å². The molecule has 17 heavy (non-hydrogen) atoms. The lowest BCUT2D eigenvalue weighted by atomic mass is 9.77. The van der Waals surface area contributed by atoms with Crippen LogP contribution in [-0.4, -0.2) is 0 Å². The summed E-state index contributed by atoms with van der Waals surface area (Å²) in [5, 5.41) is 0.165. The molecule has 3 unspecified atom stereocenters. The molecule has 0 aliphatic heterocycles. The maximum atomic E-state index is 13.4. The number of hydrogen-bond acceptors (Lipinski definition) is 1. The standard InChI is InChI=1S/C14H19ClFN/c1-9-3-2-4-10(7-9)14(17)11-5-6-12(15)13(16)8-11/h5-6,8-10,14H,2-4,7,17H2,1H3. The molecule has 2 N–H and O–H groups in total. The summed E-state index contributed by atoms with van der Waals surface area (Å²) in [7, 11) is 0. The Morgan fingerprint density at radius 1 is 1.41 bits per heavy atom. The molecule has 1 aromatic carbocycles. The lowest BCUT2D eigenvalue weighted by Crippen LogP contribution is -2.26. The maximum Gasteiger partial charge on any atom is 0.142 e. The van der Waals surface area contributed by atoms with Crippen LogP contribution in [-0.2, 0) is 0 Å². The van der Waals surface area contributed by atoms with E-state index in [1.54, 1.807) is 6.07 Å². The van der Waals surface area contributed by atoms with Crippen LogP contribution < -0.4 is 5.73 Å². The molecule has 2 rings (SSSR count). The summed E-state index contributed by atoms with van der Waals surface area (Å²) in [6, 6.07) is 4.85. The van der Waals surface area contributed by atoms with Gasteiger partial charge in [-0.15, -0.1) is 0 Å². The summed E-state index contributed by atoms with van der Waals surface area (Å²) < 4.78 is 13.4. The van der Waals surface area contributed by atoms with Crippen molar-refractivity contribution < 1.29 is 4.39 Å². The molecule has 0 radical (unpaired) electrons. The molecule has 1 aliphatic rings. The highest BCUT2D eigenvalue weighted by molar-refractivity contribution is 6.30. The van der Waals surface area contributed by atoms with E-state index in [2.05, 4.69) is 6.92 Å². The molecule has 0 aromatic heterocycles. The molecule has 3 atom stereocenters. The number of nitrogens with two attached hydrogens (primary N) is 1. The SMILES string of the molecule is CC1CCCC(C(N)c2ccc(Cl)c(F)c2)C1. The zero-order valence-corrected chi connectivity index (χ0v) is 10.9. The van der Waals surface area contributed by atoms with Gasteiger partial charge in [0, 0.05) is 6.04 Å². The van der Waals surface area contributed by atoms with Crippen molar-refractivity contribution in [1.29, 1.82) is 0 Å². The molecule has 0 spiro atoms. The third kappa shape index (κ3) is 2.99. The van der Waals surface area contributed by atoms with Gasteiger partial charge in [0.15, 0.2) is 0 Å². The summed E-state index contributed by atoms with van der Waals surface area (Å²) in [4.78, 5) is 0. The fourth-order valence-electron chi connectivity index (χ4n) is 2.80. The van der Waals surface area contributed by atoms with E-state index in [1.807, 2.05) is 6.07 Å².